The third kappa shape index (κ3) is 2.71. The maximum atomic E-state index is 6.42. The third-order valence-electron chi connectivity index (χ3n) is 3.71. The molecule has 3 heteroatoms. The van der Waals surface area contributed by atoms with Crippen LogP contribution in [-0.4, -0.2) is 4.98 Å². The Morgan fingerprint density at radius 2 is 1.41 bits per heavy atom. The molecule has 0 saturated carbocycles. The summed E-state index contributed by atoms with van der Waals surface area (Å²) in [6, 6.07) is 16.0. The first kappa shape index (κ1) is 15.3. The van der Waals surface area contributed by atoms with E-state index in [-0.39, 0.29) is 5.41 Å². The Balaban J connectivity index is 2.44. The highest BCUT2D eigenvalue weighted by Gasteiger charge is 2.24. The molecular formula is C19H17Cl2N. The summed E-state index contributed by atoms with van der Waals surface area (Å²) in [4.78, 5) is 4.70. The monoisotopic (exact) mass is 329 g/mol. The van der Waals surface area contributed by atoms with E-state index in [1.54, 1.807) is 0 Å². The zero-order valence-electron chi connectivity index (χ0n) is 12.8. The van der Waals surface area contributed by atoms with E-state index in [4.69, 9.17) is 28.2 Å². The molecule has 0 N–H and O–H groups in total. The molecule has 0 aliphatic rings. The molecule has 0 amide bonds. The van der Waals surface area contributed by atoms with E-state index < -0.39 is 0 Å². The first-order valence-electron chi connectivity index (χ1n) is 7.22. The van der Waals surface area contributed by atoms with Crippen LogP contribution < -0.4 is 0 Å². The molecule has 1 heterocycles. The molecule has 112 valence electrons. The van der Waals surface area contributed by atoms with Crippen molar-refractivity contribution in [3.05, 3.63) is 64.4 Å². The Morgan fingerprint density at radius 1 is 0.818 bits per heavy atom. The van der Waals surface area contributed by atoms with Crippen LogP contribution in [0, 0.1) is 0 Å². The number of hydrogen-bond acceptors (Lipinski definition) is 1. The topological polar surface area (TPSA) is 12.9 Å². The normalized spacial score (nSPS) is 11.9. The van der Waals surface area contributed by atoms with E-state index >= 15 is 0 Å². The van der Waals surface area contributed by atoms with Crippen molar-refractivity contribution in [2.24, 2.45) is 0 Å². The third-order valence-corrected chi connectivity index (χ3v) is 4.25. The van der Waals surface area contributed by atoms with Gasteiger partial charge in [-0.05, 0) is 23.1 Å². The molecule has 1 nitrogen and oxygen atoms in total. The first-order chi connectivity index (χ1) is 10.4. The molecule has 22 heavy (non-hydrogen) atoms. The van der Waals surface area contributed by atoms with Gasteiger partial charge < -0.3 is 0 Å². The van der Waals surface area contributed by atoms with E-state index in [1.165, 1.54) is 0 Å². The Labute approximate surface area is 140 Å². The van der Waals surface area contributed by atoms with E-state index in [1.807, 2.05) is 42.5 Å². The number of hydrogen-bond donors (Lipinski definition) is 0. The summed E-state index contributed by atoms with van der Waals surface area (Å²) in [6.07, 6.45) is 0. The largest absolute Gasteiger partial charge is 0.239 e. The predicted molar refractivity (Wildman–Crippen MR) is 95.9 cm³/mol. The molecule has 3 rings (SSSR count). The molecular weight excluding hydrogens is 313 g/mol. The van der Waals surface area contributed by atoms with E-state index in [2.05, 4.69) is 26.8 Å². The van der Waals surface area contributed by atoms with Crippen LogP contribution in [0.3, 0.4) is 0 Å². The summed E-state index contributed by atoms with van der Waals surface area (Å²) in [5.41, 5.74) is 3.13. The lowest BCUT2D eigenvalue weighted by Gasteiger charge is -2.24. The summed E-state index contributed by atoms with van der Waals surface area (Å²) < 4.78 is 0. The van der Waals surface area contributed by atoms with Crippen molar-refractivity contribution in [3.63, 3.8) is 0 Å². The van der Waals surface area contributed by atoms with Crippen LogP contribution in [-0.2, 0) is 5.41 Å². The second kappa shape index (κ2) is 5.57. The van der Waals surface area contributed by atoms with Gasteiger partial charge >= 0.3 is 0 Å². The maximum Gasteiger partial charge on any atom is 0.137 e. The molecule has 0 radical (unpaired) electrons. The fourth-order valence-electron chi connectivity index (χ4n) is 2.67. The van der Waals surface area contributed by atoms with E-state index in [0.29, 0.717) is 5.15 Å². The van der Waals surface area contributed by atoms with Crippen molar-refractivity contribution in [1.29, 1.82) is 0 Å². The van der Waals surface area contributed by atoms with Gasteiger partial charge in [0.05, 0.1) is 5.69 Å². The molecule has 2 aromatic carbocycles. The maximum absolute atomic E-state index is 6.42. The number of fused-ring (bicyclic) bond motifs is 1. The van der Waals surface area contributed by atoms with Gasteiger partial charge in [0.1, 0.15) is 5.15 Å². The van der Waals surface area contributed by atoms with Gasteiger partial charge in [-0.25, -0.2) is 4.98 Å². The van der Waals surface area contributed by atoms with Gasteiger partial charge in [-0.1, -0.05) is 80.4 Å². The highest BCUT2D eigenvalue weighted by Crippen LogP contribution is 2.39. The Morgan fingerprint density at radius 3 is 2.00 bits per heavy atom. The van der Waals surface area contributed by atoms with Gasteiger partial charge in [0, 0.05) is 21.4 Å². The van der Waals surface area contributed by atoms with Crippen LogP contribution in [0.5, 0.6) is 0 Å². The number of rotatable bonds is 1. The average Bonchev–Trinajstić information content (AvgIpc) is 2.47. The summed E-state index contributed by atoms with van der Waals surface area (Å²) in [7, 11) is 0. The van der Waals surface area contributed by atoms with Crippen LogP contribution in [0.2, 0.25) is 10.2 Å². The second-order valence-electron chi connectivity index (χ2n) is 6.43. The summed E-state index contributed by atoms with van der Waals surface area (Å²) >= 11 is 12.5. The molecule has 3 aromatic rings. The Bertz CT molecular complexity index is 830. The first-order valence-corrected chi connectivity index (χ1v) is 7.98. The molecule has 0 aliphatic heterocycles. The van der Waals surface area contributed by atoms with Crippen molar-refractivity contribution < 1.29 is 0 Å². The van der Waals surface area contributed by atoms with Crippen molar-refractivity contribution >= 4 is 34.0 Å². The highest BCUT2D eigenvalue weighted by atomic mass is 35.5. The zero-order chi connectivity index (χ0) is 15.9. The number of pyridine rings is 1. The lowest BCUT2D eigenvalue weighted by molar-refractivity contribution is 0.572. The van der Waals surface area contributed by atoms with Crippen LogP contribution in [0.15, 0.2) is 48.5 Å². The Kier molecular flexibility index (Phi) is 3.88. The Hall–Kier alpha value is -1.57. The van der Waals surface area contributed by atoms with E-state index in [9.17, 15) is 0 Å². The van der Waals surface area contributed by atoms with Crippen molar-refractivity contribution in [1.82, 2.24) is 4.98 Å². The summed E-state index contributed by atoms with van der Waals surface area (Å²) in [5, 5.41) is 3.38. The summed E-state index contributed by atoms with van der Waals surface area (Å²) in [6.45, 7) is 6.46. The minimum atomic E-state index is -0.108. The number of aromatic nitrogens is 1. The molecule has 0 aliphatic carbocycles. The molecule has 0 saturated heterocycles. The van der Waals surface area contributed by atoms with E-state index in [0.717, 1.165) is 32.6 Å². The van der Waals surface area contributed by atoms with Gasteiger partial charge in [0.25, 0.3) is 0 Å². The smallest absolute Gasteiger partial charge is 0.137 e. The molecule has 0 unspecified atom stereocenters. The van der Waals surface area contributed by atoms with Crippen LogP contribution >= 0.6 is 23.2 Å². The SMILES string of the molecule is CC(C)(C)c1nc(Cl)c2ccccc2c1-c1ccc(Cl)cc1. The van der Waals surface area contributed by atoms with Gasteiger partial charge in [0.2, 0.25) is 0 Å². The standard InChI is InChI=1S/C19H17Cl2N/c1-19(2,3)17-16(12-8-10-13(20)11-9-12)14-6-4-5-7-15(14)18(21)22-17/h4-11H,1-3H3. The van der Waals surface area contributed by atoms with Crippen molar-refractivity contribution in [2.45, 2.75) is 26.2 Å². The molecule has 0 spiro atoms. The second-order valence-corrected chi connectivity index (χ2v) is 7.22. The summed E-state index contributed by atoms with van der Waals surface area (Å²) in [5.74, 6) is 0. The zero-order valence-corrected chi connectivity index (χ0v) is 14.3. The van der Waals surface area contributed by atoms with Gasteiger partial charge in [-0.2, -0.15) is 0 Å². The fourth-order valence-corrected chi connectivity index (χ4v) is 3.05. The van der Waals surface area contributed by atoms with Gasteiger partial charge in [0.15, 0.2) is 0 Å². The van der Waals surface area contributed by atoms with Gasteiger partial charge in [-0.15, -0.1) is 0 Å². The quantitative estimate of drug-likeness (QED) is 0.464. The molecule has 0 atom stereocenters. The van der Waals surface area contributed by atoms with Crippen molar-refractivity contribution in [2.75, 3.05) is 0 Å². The van der Waals surface area contributed by atoms with Crippen molar-refractivity contribution in [3.8, 4) is 11.1 Å². The molecule has 0 bridgehead atoms. The number of benzene rings is 2. The number of halogens is 2. The van der Waals surface area contributed by atoms with Crippen LogP contribution in [0.25, 0.3) is 21.9 Å². The molecule has 0 fully saturated rings. The molecule has 1 aromatic heterocycles. The predicted octanol–water partition coefficient (Wildman–Crippen LogP) is 6.51. The van der Waals surface area contributed by atoms with Crippen LogP contribution in [0.4, 0.5) is 0 Å². The lowest BCUT2D eigenvalue weighted by Crippen LogP contribution is -2.15. The number of nitrogens with zero attached hydrogens (tertiary/aromatic N) is 1. The highest BCUT2D eigenvalue weighted by molar-refractivity contribution is 6.35. The van der Waals surface area contributed by atoms with Crippen LogP contribution in [0.1, 0.15) is 26.5 Å². The minimum Gasteiger partial charge on any atom is -0.239 e. The fraction of sp³-hybridized carbons (Fsp3) is 0.211. The van der Waals surface area contributed by atoms with Gasteiger partial charge in [-0.3, -0.25) is 0 Å². The lowest BCUT2D eigenvalue weighted by atomic mass is 9.84. The average molecular weight is 330 g/mol. The minimum absolute atomic E-state index is 0.108.